The van der Waals surface area contributed by atoms with Crippen LogP contribution in [0, 0.1) is 11.8 Å². The summed E-state index contributed by atoms with van der Waals surface area (Å²) in [4.78, 5) is 16.9. The van der Waals surface area contributed by atoms with Crippen molar-refractivity contribution in [1.29, 1.82) is 0 Å². The van der Waals surface area contributed by atoms with Gasteiger partial charge in [-0.05, 0) is 74.3 Å². The summed E-state index contributed by atoms with van der Waals surface area (Å²) in [5.74, 6) is 1.33. The molecule has 1 aromatic heterocycles. The van der Waals surface area contributed by atoms with Gasteiger partial charge in [0, 0.05) is 22.5 Å². The zero-order valence-corrected chi connectivity index (χ0v) is 16.5. The summed E-state index contributed by atoms with van der Waals surface area (Å²) in [6.45, 7) is 4.40. The monoisotopic (exact) mass is 365 g/mol. The lowest BCUT2D eigenvalue weighted by atomic mass is 9.81. The molecule has 1 heterocycles. The average molecular weight is 366 g/mol. The van der Waals surface area contributed by atoms with E-state index >= 15 is 0 Å². The number of allylic oxidation sites excluding steroid dienone is 1. The van der Waals surface area contributed by atoms with Gasteiger partial charge in [-0.15, -0.1) is 0 Å². The minimum Gasteiger partial charge on any atom is -0.398 e. The standard InChI is InChI=1S/C23H31N3O/c1-3-5-18-15-21(24)20-14-19(11-12-22(20)25-18)26-23(27)13-10-17-8-6-16(4-2)7-9-17/h10-17H,3-9H2,1-2H3,(H2,24,25)(H,26,27)/b13-10+. The van der Waals surface area contributed by atoms with Gasteiger partial charge in [0.2, 0.25) is 5.91 Å². The van der Waals surface area contributed by atoms with E-state index in [0.29, 0.717) is 11.6 Å². The number of benzene rings is 1. The number of rotatable bonds is 6. The number of carbonyl (C=O) groups excluding carboxylic acids is 1. The van der Waals surface area contributed by atoms with Crippen LogP contribution in [0.4, 0.5) is 11.4 Å². The molecule has 0 spiro atoms. The number of amides is 1. The van der Waals surface area contributed by atoms with Crippen LogP contribution < -0.4 is 11.1 Å². The average Bonchev–Trinajstić information content (AvgIpc) is 2.67. The maximum absolute atomic E-state index is 12.3. The summed E-state index contributed by atoms with van der Waals surface area (Å²) >= 11 is 0. The Morgan fingerprint density at radius 2 is 2.00 bits per heavy atom. The molecule has 0 radical (unpaired) electrons. The van der Waals surface area contributed by atoms with E-state index in [9.17, 15) is 4.79 Å². The van der Waals surface area contributed by atoms with E-state index in [1.807, 2.05) is 24.3 Å². The van der Waals surface area contributed by atoms with Crippen LogP contribution in [0.3, 0.4) is 0 Å². The number of fused-ring (bicyclic) bond motifs is 1. The lowest BCUT2D eigenvalue weighted by Crippen LogP contribution is -2.13. The lowest BCUT2D eigenvalue weighted by Gasteiger charge is -2.25. The molecule has 1 fully saturated rings. The molecule has 0 aliphatic heterocycles. The largest absolute Gasteiger partial charge is 0.398 e. The third-order valence-corrected chi connectivity index (χ3v) is 5.66. The van der Waals surface area contributed by atoms with Crippen LogP contribution in [0.25, 0.3) is 10.9 Å². The van der Waals surface area contributed by atoms with E-state index in [-0.39, 0.29) is 5.91 Å². The molecule has 4 heteroatoms. The van der Waals surface area contributed by atoms with E-state index in [0.717, 1.165) is 41.0 Å². The fraction of sp³-hybridized carbons (Fsp3) is 0.478. The first kappa shape index (κ1) is 19.4. The van der Waals surface area contributed by atoms with Crippen molar-refractivity contribution in [3.05, 3.63) is 42.1 Å². The highest BCUT2D eigenvalue weighted by Crippen LogP contribution is 2.31. The minimum absolute atomic E-state index is 0.0823. The Morgan fingerprint density at radius 1 is 1.22 bits per heavy atom. The molecule has 1 saturated carbocycles. The Bertz CT molecular complexity index is 820. The molecule has 0 atom stereocenters. The molecule has 3 N–H and O–H groups in total. The molecule has 0 saturated heterocycles. The van der Waals surface area contributed by atoms with E-state index in [2.05, 4.69) is 30.2 Å². The summed E-state index contributed by atoms with van der Waals surface area (Å²) in [6.07, 6.45) is 12.0. The molecule has 1 aliphatic carbocycles. The predicted octanol–water partition coefficient (Wildman–Crippen LogP) is 5.48. The van der Waals surface area contributed by atoms with Gasteiger partial charge in [-0.2, -0.15) is 0 Å². The maximum Gasteiger partial charge on any atom is 0.248 e. The number of nitrogens with two attached hydrogens (primary N) is 1. The van der Waals surface area contributed by atoms with Crippen molar-refractivity contribution in [1.82, 2.24) is 4.98 Å². The summed E-state index contributed by atoms with van der Waals surface area (Å²) < 4.78 is 0. The minimum atomic E-state index is -0.0823. The Kier molecular flexibility index (Phi) is 6.49. The molecule has 27 heavy (non-hydrogen) atoms. The number of aromatic nitrogens is 1. The van der Waals surface area contributed by atoms with Crippen LogP contribution in [0.15, 0.2) is 36.4 Å². The number of pyridine rings is 1. The number of aryl methyl sites for hydroxylation is 1. The molecular weight excluding hydrogens is 334 g/mol. The van der Waals surface area contributed by atoms with Crippen molar-refractivity contribution < 1.29 is 4.79 Å². The number of anilines is 2. The number of nitrogens with one attached hydrogen (secondary N) is 1. The van der Waals surface area contributed by atoms with Crippen LogP contribution in [-0.2, 0) is 11.2 Å². The van der Waals surface area contributed by atoms with Crippen molar-refractivity contribution in [3.8, 4) is 0 Å². The van der Waals surface area contributed by atoms with Gasteiger partial charge in [0.05, 0.1) is 5.52 Å². The number of carbonyl (C=O) groups is 1. The zero-order valence-electron chi connectivity index (χ0n) is 16.5. The quantitative estimate of drug-likeness (QED) is 0.666. The lowest BCUT2D eigenvalue weighted by molar-refractivity contribution is -0.111. The van der Waals surface area contributed by atoms with Crippen molar-refractivity contribution in [2.45, 2.75) is 58.8 Å². The Labute approximate surface area is 162 Å². The number of hydrogen-bond acceptors (Lipinski definition) is 3. The van der Waals surface area contributed by atoms with Gasteiger partial charge in [-0.3, -0.25) is 9.78 Å². The molecule has 4 nitrogen and oxygen atoms in total. The molecule has 0 bridgehead atoms. The van der Waals surface area contributed by atoms with Crippen LogP contribution in [0.1, 0.15) is 58.1 Å². The van der Waals surface area contributed by atoms with Crippen LogP contribution in [0.5, 0.6) is 0 Å². The molecule has 144 valence electrons. The fourth-order valence-electron chi connectivity index (χ4n) is 3.97. The van der Waals surface area contributed by atoms with Crippen molar-refractivity contribution in [2.75, 3.05) is 11.1 Å². The second-order valence-electron chi connectivity index (χ2n) is 7.72. The second-order valence-corrected chi connectivity index (χ2v) is 7.72. The predicted molar refractivity (Wildman–Crippen MR) is 114 cm³/mol. The van der Waals surface area contributed by atoms with Crippen molar-refractivity contribution >= 4 is 28.2 Å². The zero-order chi connectivity index (χ0) is 19.2. The van der Waals surface area contributed by atoms with Gasteiger partial charge in [-0.25, -0.2) is 0 Å². The summed E-state index contributed by atoms with van der Waals surface area (Å²) in [5, 5.41) is 3.84. The number of nitrogens with zero attached hydrogens (tertiary/aromatic N) is 1. The molecular formula is C23H31N3O. The Morgan fingerprint density at radius 3 is 2.70 bits per heavy atom. The smallest absolute Gasteiger partial charge is 0.248 e. The molecule has 0 unspecified atom stereocenters. The van der Waals surface area contributed by atoms with E-state index in [4.69, 9.17) is 5.73 Å². The number of nitrogen functional groups attached to an aromatic ring is 1. The first-order chi connectivity index (χ1) is 13.1. The summed E-state index contributed by atoms with van der Waals surface area (Å²) in [5.41, 5.74) is 9.55. The Balaban J connectivity index is 1.64. The summed E-state index contributed by atoms with van der Waals surface area (Å²) in [7, 11) is 0. The highest BCUT2D eigenvalue weighted by atomic mass is 16.1. The topological polar surface area (TPSA) is 68.0 Å². The van der Waals surface area contributed by atoms with Crippen LogP contribution in [0.2, 0.25) is 0 Å². The van der Waals surface area contributed by atoms with Crippen LogP contribution >= 0.6 is 0 Å². The third-order valence-electron chi connectivity index (χ3n) is 5.66. The highest BCUT2D eigenvalue weighted by molar-refractivity contribution is 6.01. The van der Waals surface area contributed by atoms with E-state index in [1.165, 1.54) is 32.1 Å². The maximum atomic E-state index is 12.3. The second kappa shape index (κ2) is 9.03. The van der Waals surface area contributed by atoms with E-state index in [1.54, 1.807) is 6.08 Å². The Hall–Kier alpha value is -2.36. The van der Waals surface area contributed by atoms with E-state index < -0.39 is 0 Å². The van der Waals surface area contributed by atoms with Gasteiger partial charge >= 0.3 is 0 Å². The summed E-state index contributed by atoms with van der Waals surface area (Å²) in [6, 6.07) is 7.66. The molecule has 1 amide bonds. The number of hydrogen-bond donors (Lipinski definition) is 2. The molecule has 3 rings (SSSR count). The normalized spacial score (nSPS) is 20.2. The van der Waals surface area contributed by atoms with Gasteiger partial charge in [0.15, 0.2) is 0 Å². The van der Waals surface area contributed by atoms with Crippen molar-refractivity contribution in [2.24, 2.45) is 11.8 Å². The van der Waals surface area contributed by atoms with Gasteiger partial charge in [0.25, 0.3) is 0 Å². The molecule has 1 aromatic carbocycles. The first-order valence-corrected chi connectivity index (χ1v) is 10.3. The van der Waals surface area contributed by atoms with Crippen LogP contribution in [-0.4, -0.2) is 10.9 Å². The van der Waals surface area contributed by atoms with Crippen molar-refractivity contribution in [3.63, 3.8) is 0 Å². The molecule has 2 aromatic rings. The van der Waals surface area contributed by atoms with Gasteiger partial charge < -0.3 is 11.1 Å². The highest BCUT2D eigenvalue weighted by Gasteiger charge is 2.18. The fourth-order valence-corrected chi connectivity index (χ4v) is 3.97. The SMILES string of the molecule is CCCc1cc(N)c2cc(NC(=O)/C=C/C3CCC(CC)CC3)ccc2n1. The van der Waals surface area contributed by atoms with Gasteiger partial charge in [0.1, 0.15) is 0 Å². The third kappa shape index (κ3) is 5.09. The first-order valence-electron chi connectivity index (χ1n) is 10.3. The van der Waals surface area contributed by atoms with Gasteiger partial charge in [-0.1, -0.05) is 32.8 Å². The molecule has 1 aliphatic rings.